The van der Waals surface area contributed by atoms with Gasteiger partial charge in [0.15, 0.2) is 0 Å². The Balaban J connectivity index is 1.35. The number of carboxylic acids is 1. The lowest BCUT2D eigenvalue weighted by molar-refractivity contribution is -0.137. The molecule has 1 saturated carbocycles. The van der Waals surface area contributed by atoms with Crippen molar-refractivity contribution in [2.45, 2.75) is 51.1 Å². The Bertz CT molecular complexity index is 1520. The van der Waals surface area contributed by atoms with Crippen LogP contribution >= 0.6 is 0 Å². The van der Waals surface area contributed by atoms with Gasteiger partial charge in [0.25, 0.3) is 5.91 Å². The molecule has 0 unspecified atom stereocenters. The van der Waals surface area contributed by atoms with Crippen LogP contribution in [-0.4, -0.2) is 34.5 Å². The van der Waals surface area contributed by atoms with Crippen LogP contribution in [0.5, 0.6) is 5.75 Å². The quantitative estimate of drug-likeness (QED) is 0.177. The summed E-state index contributed by atoms with van der Waals surface area (Å²) in [6.45, 7) is -1.74. The lowest BCUT2D eigenvalue weighted by Crippen LogP contribution is -2.32. The van der Waals surface area contributed by atoms with E-state index in [1.165, 1.54) is 4.90 Å². The summed E-state index contributed by atoms with van der Waals surface area (Å²) in [5, 5.41) is 8.82. The van der Waals surface area contributed by atoms with Gasteiger partial charge in [-0.25, -0.2) is 0 Å². The van der Waals surface area contributed by atoms with Crippen LogP contribution in [0.25, 0.3) is 22.3 Å². The lowest BCUT2D eigenvalue weighted by atomic mass is 9.94. The molecule has 0 spiro atoms. The van der Waals surface area contributed by atoms with Gasteiger partial charge in [0.05, 0.1) is 9.35 Å². The molecule has 40 heavy (non-hydrogen) atoms. The Morgan fingerprint density at radius 3 is 2.08 bits per heavy atom. The molecule has 0 heterocycles. The average molecular weight is 536 g/mol. The predicted octanol–water partition coefficient (Wildman–Crippen LogP) is 7.85. The van der Waals surface area contributed by atoms with Gasteiger partial charge >= 0.3 is 5.97 Å². The maximum Gasteiger partial charge on any atom is 0.303 e. The number of hydrogen-bond donors (Lipinski definition) is 1. The van der Waals surface area contributed by atoms with E-state index in [9.17, 15) is 9.59 Å². The zero-order valence-corrected chi connectivity index (χ0v) is 22.5. The van der Waals surface area contributed by atoms with Gasteiger partial charge in [-0.2, -0.15) is 0 Å². The Hall–Kier alpha value is -4.38. The minimum atomic E-state index is -2.09. The molecule has 0 atom stereocenters. The van der Waals surface area contributed by atoms with E-state index in [4.69, 9.17) is 12.6 Å². The molecule has 4 aromatic carbocycles. The monoisotopic (exact) mass is 535 g/mol. The first-order chi connectivity index (χ1) is 20.4. The molecule has 0 radical (unpaired) electrons. The standard InChI is InChI=1S/C35H35NO4/c37-34(38)17-5-2-10-24-40-33-16-9-6-13-29(33)25-36(30-22-23-30)35(39)28-20-18-27(19-21-28)32-15-8-7-14-31(32)26-11-3-1-4-12-26/h1,3-4,6-9,11-16,18-21,30H,2,5,10,17,22-25H2,(H,37,38)/i25D2. The number of hydrogen-bond acceptors (Lipinski definition) is 3. The Labute approximate surface area is 238 Å². The third-order valence-electron chi connectivity index (χ3n) is 7.01. The molecule has 1 aliphatic carbocycles. The van der Waals surface area contributed by atoms with E-state index in [0.717, 1.165) is 35.1 Å². The van der Waals surface area contributed by atoms with Crippen molar-refractivity contribution in [2.75, 3.05) is 6.61 Å². The Kier molecular flexibility index (Phi) is 8.08. The van der Waals surface area contributed by atoms with Crippen LogP contribution < -0.4 is 4.74 Å². The van der Waals surface area contributed by atoms with Crippen LogP contribution in [0.3, 0.4) is 0 Å². The fraction of sp³-hybridized carbons (Fsp3) is 0.257. The molecule has 5 nitrogen and oxygen atoms in total. The van der Waals surface area contributed by atoms with Gasteiger partial charge in [-0.3, -0.25) is 9.59 Å². The lowest BCUT2D eigenvalue weighted by Gasteiger charge is -2.24. The molecule has 4 aromatic rings. The highest BCUT2D eigenvalue weighted by molar-refractivity contribution is 5.95. The number of carbonyl (C=O) groups is 2. The molecule has 5 rings (SSSR count). The smallest absolute Gasteiger partial charge is 0.303 e. The molecule has 1 aliphatic rings. The van der Waals surface area contributed by atoms with Crippen LogP contribution in [0.4, 0.5) is 0 Å². The van der Waals surface area contributed by atoms with E-state index in [1.54, 1.807) is 36.4 Å². The second kappa shape index (κ2) is 13.1. The number of unbranched alkanes of at least 4 members (excludes halogenated alkanes) is 2. The molecular formula is C35H35NO4. The number of carbonyl (C=O) groups excluding carboxylic acids is 1. The average Bonchev–Trinajstić information content (AvgIpc) is 3.84. The maximum atomic E-state index is 13.9. The summed E-state index contributed by atoms with van der Waals surface area (Å²) in [7, 11) is 0. The van der Waals surface area contributed by atoms with E-state index >= 15 is 0 Å². The van der Waals surface area contributed by atoms with Gasteiger partial charge in [0.2, 0.25) is 0 Å². The van der Waals surface area contributed by atoms with Gasteiger partial charge in [-0.1, -0.05) is 84.9 Å². The topological polar surface area (TPSA) is 66.8 Å². The number of rotatable bonds is 13. The van der Waals surface area contributed by atoms with Crippen LogP contribution in [0.1, 0.15) is 57.2 Å². The van der Waals surface area contributed by atoms with Crippen molar-refractivity contribution >= 4 is 11.9 Å². The molecule has 0 aromatic heterocycles. The second-order valence-corrected chi connectivity index (χ2v) is 10.1. The highest BCUT2D eigenvalue weighted by atomic mass is 16.5. The fourth-order valence-corrected chi connectivity index (χ4v) is 4.73. The summed E-state index contributed by atoms with van der Waals surface area (Å²) in [4.78, 5) is 26.0. The molecule has 0 saturated heterocycles. The highest BCUT2D eigenvalue weighted by Gasteiger charge is 2.33. The molecule has 1 amide bonds. The number of benzene rings is 4. The van der Waals surface area contributed by atoms with E-state index in [1.807, 2.05) is 42.5 Å². The normalized spacial score (nSPS) is 13.7. The number of aliphatic carboxylic acids is 1. The van der Waals surface area contributed by atoms with Gasteiger partial charge in [-0.15, -0.1) is 0 Å². The largest absolute Gasteiger partial charge is 0.493 e. The summed E-state index contributed by atoms with van der Waals surface area (Å²) in [5.74, 6) is -0.771. The summed E-state index contributed by atoms with van der Waals surface area (Å²) < 4.78 is 24.2. The van der Waals surface area contributed by atoms with Crippen LogP contribution in [-0.2, 0) is 11.3 Å². The van der Waals surface area contributed by atoms with Crippen molar-refractivity contribution in [1.29, 1.82) is 0 Å². The third kappa shape index (κ3) is 6.97. The summed E-state index contributed by atoms with van der Waals surface area (Å²) >= 11 is 0. The third-order valence-corrected chi connectivity index (χ3v) is 7.01. The van der Waals surface area contributed by atoms with E-state index in [2.05, 4.69) is 24.3 Å². The van der Waals surface area contributed by atoms with Crippen LogP contribution in [0, 0.1) is 0 Å². The number of carboxylic acid groups (broad SMARTS) is 1. The first kappa shape index (κ1) is 24.6. The first-order valence-corrected chi connectivity index (χ1v) is 13.9. The Morgan fingerprint density at radius 2 is 1.40 bits per heavy atom. The molecule has 204 valence electrons. The van der Waals surface area contributed by atoms with Crippen molar-refractivity contribution in [3.63, 3.8) is 0 Å². The number of amides is 1. The summed E-state index contributed by atoms with van der Waals surface area (Å²) in [6, 6.07) is 32.5. The van der Waals surface area contributed by atoms with Crippen molar-refractivity contribution in [3.05, 3.63) is 114 Å². The van der Waals surface area contributed by atoms with E-state index < -0.39 is 12.5 Å². The first-order valence-electron chi connectivity index (χ1n) is 14.9. The molecule has 1 N–H and O–H groups in total. The van der Waals surface area contributed by atoms with Crippen molar-refractivity contribution in [2.24, 2.45) is 0 Å². The van der Waals surface area contributed by atoms with Crippen LogP contribution in [0.2, 0.25) is 0 Å². The van der Waals surface area contributed by atoms with Crippen molar-refractivity contribution in [3.8, 4) is 28.0 Å². The summed E-state index contributed by atoms with van der Waals surface area (Å²) in [6.07, 6.45) is 3.57. The molecular weight excluding hydrogens is 498 g/mol. The summed E-state index contributed by atoms with van der Waals surface area (Å²) in [5.41, 5.74) is 5.00. The Morgan fingerprint density at radius 1 is 0.775 bits per heavy atom. The second-order valence-electron chi connectivity index (χ2n) is 10.1. The predicted molar refractivity (Wildman–Crippen MR) is 158 cm³/mol. The zero-order valence-electron chi connectivity index (χ0n) is 24.5. The number of nitrogens with zero attached hydrogens (tertiary/aromatic N) is 1. The molecule has 0 aliphatic heterocycles. The van der Waals surface area contributed by atoms with E-state index in [0.29, 0.717) is 42.7 Å². The van der Waals surface area contributed by atoms with Crippen LogP contribution in [0.15, 0.2) is 103 Å². The van der Waals surface area contributed by atoms with Crippen molar-refractivity contribution in [1.82, 2.24) is 4.90 Å². The van der Waals surface area contributed by atoms with Gasteiger partial charge < -0.3 is 14.7 Å². The zero-order chi connectivity index (χ0) is 29.5. The minimum Gasteiger partial charge on any atom is -0.493 e. The number of ether oxygens (including phenoxy) is 1. The van der Waals surface area contributed by atoms with E-state index in [-0.39, 0.29) is 18.4 Å². The molecule has 5 heteroatoms. The molecule has 0 bridgehead atoms. The minimum absolute atomic E-state index is 0.123. The highest BCUT2D eigenvalue weighted by Crippen LogP contribution is 2.34. The molecule has 1 fully saturated rings. The number of para-hydroxylation sites is 1. The maximum absolute atomic E-state index is 13.9. The van der Waals surface area contributed by atoms with Crippen molar-refractivity contribution < 1.29 is 22.2 Å². The SMILES string of the molecule is [2H]C([2H])(c1ccccc1OCCCCCC(=O)O)N(C(=O)c1ccc(-c2ccccc2-c2ccccc2)cc1)C1CC1. The van der Waals surface area contributed by atoms with Gasteiger partial charge in [-0.05, 0) is 72.6 Å². The van der Waals surface area contributed by atoms with Gasteiger partial charge in [0.1, 0.15) is 5.75 Å². The van der Waals surface area contributed by atoms with Gasteiger partial charge in [0, 0.05) is 30.1 Å². The fourth-order valence-electron chi connectivity index (χ4n) is 4.73.